The van der Waals surface area contributed by atoms with Crippen molar-refractivity contribution >= 4 is 11.8 Å². The van der Waals surface area contributed by atoms with Crippen molar-refractivity contribution in [3.05, 3.63) is 70.8 Å². The Morgan fingerprint density at radius 3 is 1.53 bits per heavy atom. The van der Waals surface area contributed by atoms with E-state index in [1.165, 1.54) is 0 Å². The summed E-state index contributed by atoms with van der Waals surface area (Å²) in [6, 6.07) is 15.0. The zero-order valence-electron chi connectivity index (χ0n) is 17.3. The van der Waals surface area contributed by atoms with Crippen LogP contribution in [0.25, 0.3) is 0 Å². The van der Waals surface area contributed by atoms with Crippen molar-refractivity contribution in [1.29, 1.82) is 0 Å². The first kappa shape index (κ1) is 19.3. The van der Waals surface area contributed by atoms with Crippen molar-refractivity contribution in [3.63, 3.8) is 0 Å². The Balaban J connectivity index is 1.55. The molecule has 1 saturated heterocycles. The number of fused-ring (bicyclic) bond motifs is 6. The fourth-order valence-corrected chi connectivity index (χ4v) is 4.85. The van der Waals surface area contributed by atoms with Gasteiger partial charge in [0.15, 0.2) is 12.5 Å². The van der Waals surface area contributed by atoms with E-state index in [2.05, 4.69) is 0 Å². The zero-order valence-corrected chi connectivity index (χ0v) is 17.3. The summed E-state index contributed by atoms with van der Waals surface area (Å²) in [5.41, 5.74) is 3.17. The highest BCUT2D eigenvalue weighted by molar-refractivity contribution is 6.00. The van der Waals surface area contributed by atoms with Crippen LogP contribution in [0.1, 0.15) is 71.0 Å². The molecular weight excluding hydrogens is 380 g/mol. The minimum Gasteiger partial charge on any atom is -0.352 e. The largest absolute Gasteiger partial charge is 0.352 e. The maximum absolute atomic E-state index is 13.2. The highest BCUT2D eigenvalue weighted by Gasteiger charge is 2.46. The highest BCUT2D eigenvalue weighted by atomic mass is 16.5. The van der Waals surface area contributed by atoms with E-state index in [0.29, 0.717) is 24.3 Å². The molecule has 2 amide bonds. The standard InChI is InChI=1S/C24H26N2O4/c1-3-15-13-29-24-20-12-8-6-10-18(20)22(28)26(24)16(4-2)14-30-23-19-11-7-5-9-17(19)21(27)25(15)23/h5-12,15-16,23-24H,3-4,13-14H2,1-2H3/t15-,16-,23+,24+/m0/s1. The molecule has 4 atom stereocenters. The molecule has 2 aromatic rings. The van der Waals surface area contributed by atoms with Crippen LogP contribution in [-0.4, -0.2) is 46.9 Å². The molecule has 0 spiro atoms. The Bertz CT molecular complexity index is 911. The third-order valence-electron chi connectivity index (χ3n) is 6.51. The second-order valence-corrected chi connectivity index (χ2v) is 8.09. The van der Waals surface area contributed by atoms with Gasteiger partial charge in [-0.2, -0.15) is 0 Å². The lowest BCUT2D eigenvalue weighted by Crippen LogP contribution is -2.48. The first-order valence-electron chi connectivity index (χ1n) is 10.7. The van der Waals surface area contributed by atoms with Gasteiger partial charge in [0.1, 0.15) is 0 Å². The van der Waals surface area contributed by atoms with Gasteiger partial charge in [0.2, 0.25) is 0 Å². The molecule has 6 heteroatoms. The summed E-state index contributed by atoms with van der Waals surface area (Å²) in [5.74, 6) is -0.0288. The van der Waals surface area contributed by atoms with Crippen molar-refractivity contribution in [1.82, 2.24) is 9.80 Å². The average molecular weight is 406 g/mol. The van der Waals surface area contributed by atoms with Crippen LogP contribution in [0.3, 0.4) is 0 Å². The molecule has 0 bridgehead atoms. The molecule has 0 radical (unpaired) electrons. The van der Waals surface area contributed by atoms with Gasteiger partial charge >= 0.3 is 0 Å². The quantitative estimate of drug-likeness (QED) is 0.759. The molecular formula is C24H26N2O4. The molecule has 2 aromatic carbocycles. The Kier molecular flexibility index (Phi) is 4.83. The molecule has 3 heterocycles. The molecule has 0 saturated carbocycles. The summed E-state index contributed by atoms with van der Waals surface area (Å²) in [6.45, 7) is 4.78. The van der Waals surface area contributed by atoms with Crippen LogP contribution >= 0.6 is 0 Å². The van der Waals surface area contributed by atoms with E-state index in [0.717, 1.165) is 24.0 Å². The Morgan fingerprint density at radius 2 is 1.13 bits per heavy atom. The van der Waals surface area contributed by atoms with Crippen molar-refractivity contribution in [2.24, 2.45) is 0 Å². The molecule has 0 aliphatic carbocycles. The number of hydrogen-bond acceptors (Lipinski definition) is 4. The van der Waals surface area contributed by atoms with E-state index < -0.39 is 12.5 Å². The molecule has 1 fully saturated rings. The number of amides is 2. The van der Waals surface area contributed by atoms with E-state index in [1.807, 2.05) is 72.2 Å². The number of ether oxygens (including phenoxy) is 2. The number of hydrogen-bond donors (Lipinski definition) is 0. The smallest absolute Gasteiger partial charge is 0.256 e. The summed E-state index contributed by atoms with van der Waals surface area (Å²) in [5, 5.41) is 0. The molecule has 3 aliphatic heterocycles. The Labute approximate surface area is 176 Å². The number of rotatable bonds is 2. The minimum atomic E-state index is -0.451. The van der Waals surface area contributed by atoms with Gasteiger partial charge in [-0.25, -0.2) is 0 Å². The lowest BCUT2D eigenvalue weighted by molar-refractivity contribution is -0.137. The summed E-state index contributed by atoms with van der Waals surface area (Å²) in [7, 11) is 0. The SMILES string of the molecule is CC[C@H]1CO[C@@H]2c3ccccc3C(=O)N2[C@@H](CC)CO[C@@H]2c3ccccc3C(=O)N12. The van der Waals surface area contributed by atoms with Gasteiger partial charge in [0.05, 0.1) is 25.3 Å². The van der Waals surface area contributed by atoms with Gasteiger partial charge < -0.3 is 19.3 Å². The maximum atomic E-state index is 13.2. The van der Waals surface area contributed by atoms with E-state index in [4.69, 9.17) is 9.47 Å². The number of carbonyl (C=O) groups excluding carboxylic acids is 2. The van der Waals surface area contributed by atoms with Gasteiger partial charge in [-0.3, -0.25) is 9.59 Å². The minimum absolute atomic E-state index is 0.0144. The van der Waals surface area contributed by atoms with E-state index >= 15 is 0 Å². The van der Waals surface area contributed by atoms with Crippen molar-refractivity contribution in [2.45, 2.75) is 51.2 Å². The first-order valence-corrected chi connectivity index (χ1v) is 10.7. The van der Waals surface area contributed by atoms with Gasteiger partial charge in [-0.15, -0.1) is 0 Å². The zero-order chi connectivity index (χ0) is 20.8. The molecule has 0 N–H and O–H groups in total. The molecule has 5 rings (SSSR count). The summed E-state index contributed by atoms with van der Waals surface area (Å²) in [4.78, 5) is 30.1. The third kappa shape index (κ3) is 2.78. The average Bonchev–Trinajstić information content (AvgIpc) is 3.22. The fraction of sp³-hybridized carbons (Fsp3) is 0.417. The summed E-state index contributed by atoms with van der Waals surface area (Å²) >= 11 is 0. The van der Waals surface area contributed by atoms with E-state index in [-0.39, 0.29) is 23.9 Å². The van der Waals surface area contributed by atoms with Gasteiger partial charge in [0, 0.05) is 22.3 Å². The summed E-state index contributed by atoms with van der Waals surface area (Å²) in [6.07, 6.45) is 0.568. The molecule has 30 heavy (non-hydrogen) atoms. The molecule has 156 valence electrons. The third-order valence-corrected chi connectivity index (χ3v) is 6.51. The highest BCUT2D eigenvalue weighted by Crippen LogP contribution is 2.41. The van der Waals surface area contributed by atoms with Crippen LogP contribution < -0.4 is 0 Å². The normalized spacial score (nSPS) is 28.1. The molecule has 0 aromatic heterocycles. The van der Waals surface area contributed by atoms with Crippen LogP contribution in [0.15, 0.2) is 48.5 Å². The molecule has 6 nitrogen and oxygen atoms in total. The lowest BCUT2D eigenvalue weighted by Gasteiger charge is -2.39. The second-order valence-electron chi connectivity index (χ2n) is 8.09. The predicted molar refractivity (Wildman–Crippen MR) is 111 cm³/mol. The van der Waals surface area contributed by atoms with Crippen molar-refractivity contribution in [3.8, 4) is 0 Å². The predicted octanol–water partition coefficient (Wildman–Crippen LogP) is 3.90. The number of nitrogens with zero attached hydrogens (tertiary/aromatic N) is 2. The van der Waals surface area contributed by atoms with Crippen molar-refractivity contribution < 1.29 is 19.1 Å². The number of benzene rings is 2. The molecule has 3 aliphatic rings. The van der Waals surface area contributed by atoms with Crippen LogP contribution in [0, 0.1) is 0 Å². The molecule has 0 unspecified atom stereocenters. The van der Waals surface area contributed by atoms with Crippen LogP contribution in [0.2, 0.25) is 0 Å². The lowest BCUT2D eigenvalue weighted by atomic mass is 10.1. The van der Waals surface area contributed by atoms with Crippen LogP contribution in [0.4, 0.5) is 0 Å². The van der Waals surface area contributed by atoms with Gasteiger partial charge in [-0.05, 0) is 25.0 Å². The first-order chi connectivity index (χ1) is 14.7. The second kappa shape index (κ2) is 7.52. The Hall–Kier alpha value is -2.70. The monoisotopic (exact) mass is 406 g/mol. The van der Waals surface area contributed by atoms with E-state index in [9.17, 15) is 9.59 Å². The van der Waals surface area contributed by atoms with E-state index in [1.54, 1.807) is 0 Å². The van der Waals surface area contributed by atoms with Crippen LogP contribution in [-0.2, 0) is 9.47 Å². The summed E-state index contributed by atoms with van der Waals surface area (Å²) < 4.78 is 12.8. The maximum Gasteiger partial charge on any atom is 0.256 e. The fourth-order valence-electron chi connectivity index (χ4n) is 4.85. The van der Waals surface area contributed by atoms with Crippen molar-refractivity contribution in [2.75, 3.05) is 13.2 Å². The van der Waals surface area contributed by atoms with Crippen LogP contribution in [0.5, 0.6) is 0 Å². The van der Waals surface area contributed by atoms with Gasteiger partial charge in [-0.1, -0.05) is 50.2 Å². The number of carbonyl (C=O) groups is 2. The van der Waals surface area contributed by atoms with Gasteiger partial charge in [0.25, 0.3) is 11.8 Å². The topological polar surface area (TPSA) is 59.1 Å². The Morgan fingerprint density at radius 1 is 0.733 bits per heavy atom.